The molecule has 0 saturated carbocycles. The molecule has 1 fully saturated rings. The number of hydrogen-bond acceptors (Lipinski definition) is 6. The van der Waals surface area contributed by atoms with Crippen LogP contribution in [0.1, 0.15) is 60.6 Å². The summed E-state index contributed by atoms with van der Waals surface area (Å²) in [6, 6.07) is 21.9. The van der Waals surface area contributed by atoms with E-state index in [2.05, 4.69) is 0 Å². The normalized spacial score (nSPS) is 21.0. The number of esters is 1. The zero-order valence-corrected chi connectivity index (χ0v) is 23.7. The molecule has 224 valence electrons. The highest BCUT2D eigenvalue weighted by Crippen LogP contribution is 2.61. The fourth-order valence-electron chi connectivity index (χ4n) is 7.19. The number of nitrogens with zero attached hydrogens (tertiary/aromatic N) is 1. The summed E-state index contributed by atoms with van der Waals surface area (Å²) in [7, 11) is 0. The van der Waals surface area contributed by atoms with Gasteiger partial charge in [0.05, 0.1) is 11.6 Å². The van der Waals surface area contributed by atoms with Crippen molar-refractivity contribution >= 4 is 35.1 Å². The van der Waals surface area contributed by atoms with Gasteiger partial charge < -0.3 is 9.64 Å². The maximum absolute atomic E-state index is 14.7. The van der Waals surface area contributed by atoms with Crippen molar-refractivity contribution < 1.29 is 37.1 Å². The highest BCUT2D eigenvalue weighted by atomic mass is 19.4. The predicted molar refractivity (Wildman–Crippen MR) is 159 cm³/mol. The first kappa shape index (κ1) is 28.5. The average Bonchev–Trinajstić information content (AvgIpc) is 3.46. The zero-order chi connectivity index (χ0) is 31.7. The average molecular weight is 608 g/mol. The number of ether oxygens (including phenoxy) is 1. The van der Waals surface area contributed by atoms with E-state index >= 15 is 0 Å². The van der Waals surface area contributed by atoms with Crippen molar-refractivity contribution in [2.45, 2.75) is 31.1 Å². The molecule has 1 saturated heterocycles. The van der Waals surface area contributed by atoms with Crippen LogP contribution in [-0.4, -0.2) is 35.4 Å². The Kier molecular flexibility index (Phi) is 6.40. The van der Waals surface area contributed by atoms with Gasteiger partial charge in [-0.3, -0.25) is 19.2 Å². The fourth-order valence-corrected chi connectivity index (χ4v) is 7.19. The molecule has 0 bridgehead atoms. The quantitative estimate of drug-likeness (QED) is 0.108. The van der Waals surface area contributed by atoms with E-state index in [4.69, 9.17) is 4.74 Å². The third kappa shape index (κ3) is 4.18. The second-order valence-corrected chi connectivity index (χ2v) is 11.4. The third-order valence-electron chi connectivity index (χ3n) is 8.98. The number of benzene rings is 4. The largest absolute Gasteiger partial charge is 0.427 e. The maximum atomic E-state index is 14.7. The lowest BCUT2D eigenvalue weighted by Crippen LogP contribution is -2.48. The molecule has 4 aromatic rings. The van der Waals surface area contributed by atoms with Gasteiger partial charge in [0, 0.05) is 35.2 Å². The number of rotatable bonds is 4. The molecule has 0 unspecified atom stereocenters. The van der Waals surface area contributed by atoms with E-state index in [1.165, 1.54) is 43.3 Å². The van der Waals surface area contributed by atoms with Crippen LogP contribution in [0.15, 0.2) is 103 Å². The Morgan fingerprint density at radius 2 is 1.40 bits per heavy atom. The summed E-state index contributed by atoms with van der Waals surface area (Å²) in [4.78, 5) is 57.2. The van der Waals surface area contributed by atoms with Gasteiger partial charge in [0.1, 0.15) is 17.2 Å². The van der Waals surface area contributed by atoms with Crippen molar-refractivity contribution in [2.75, 3.05) is 4.90 Å². The minimum absolute atomic E-state index is 0.213. The standard InChI is InChI=1S/C36H24F3NO5/c1-20(41)45-25-17-12-23(13-18-25)32(42)31-30(22-10-15-24(16-11-22)36(37,38)39)35(33(43)26-7-3-4-8-27(26)34(35)44)29-19-14-21-6-2-5-9-28(21)40(29)31/h2-19,29-31H,1H3/t29-,30-,31+/m1/s1. The molecule has 2 heterocycles. The van der Waals surface area contributed by atoms with Gasteiger partial charge in [-0.1, -0.05) is 66.7 Å². The number of fused-ring (bicyclic) bond motifs is 5. The Labute approximate surface area is 255 Å². The second kappa shape index (κ2) is 10.1. The number of alkyl halides is 3. The summed E-state index contributed by atoms with van der Waals surface area (Å²) in [6.07, 6.45) is -1.05. The van der Waals surface area contributed by atoms with E-state index < -0.39 is 58.5 Å². The van der Waals surface area contributed by atoms with Crippen molar-refractivity contribution in [3.05, 3.63) is 137 Å². The van der Waals surface area contributed by atoms with Crippen molar-refractivity contribution in [3.8, 4) is 5.75 Å². The molecule has 0 radical (unpaired) electrons. The fraction of sp³-hybridized carbons (Fsp3) is 0.167. The minimum atomic E-state index is -4.61. The van der Waals surface area contributed by atoms with Crippen LogP contribution >= 0.6 is 0 Å². The number of carbonyl (C=O) groups excluding carboxylic acids is 4. The van der Waals surface area contributed by atoms with Crippen LogP contribution in [0, 0.1) is 5.41 Å². The van der Waals surface area contributed by atoms with Gasteiger partial charge >= 0.3 is 12.1 Å². The van der Waals surface area contributed by atoms with Crippen LogP contribution in [0.25, 0.3) is 6.08 Å². The van der Waals surface area contributed by atoms with Crippen LogP contribution in [0.2, 0.25) is 0 Å². The van der Waals surface area contributed by atoms with E-state index in [9.17, 15) is 32.3 Å². The van der Waals surface area contributed by atoms with Crippen molar-refractivity contribution in [1.29, 1.82) is 0 Å². The summed E-state index contributed by atoms with van der Waals surface area (Å²) < 4.78 is 46.0. The predicted octanol–water partition coefficient (Wildman–Crippen LogP) is 6.95. The third-order valence-corrected chi connectivity index (χ3v) is 8.98. The molecule has 0 N–H and O–H groups in total. The summed E-state index contributed by atoms with van der Waals surface area (Å²) >= 11 is 0. The van der Waals surface area contributed by atoms with Crippen LogP contribution in [0.4, 0.5) is 18.9 Å². The lowest BCUT2D eigenvalue weighted by Gasteiger charge is -2.37. The van der Waals surface area contributed by atoms with Gasteiger partial charge in [-0.05, 0) is 53.6 Å². The van der Waals surface area contributed by atoms with Gasteiger partial charge in [0.15, 0.2) is 17.3 Å². The number of carbonyl (C=O) groups is 4. The maximum Gasteiger partial charge on any atom is 0.416 e. The highest BCUT2D eigenvalue weighted by Gasteiger charge is 2.71. The van der Waals surface area contributed by atoms with Crippen LogP contribution in [-0.2, 0) is 11.0 Å². The first-order valence-electron chi connectivity index (χ1n) is 14.3. The van der Waals surface area contributed by atoms with Crippen molar-refractivity contribution in [3.63, 3.8) is 0 Å². The van der Waals surface area contributed by atoms with E-state index in [1.807, 2.05) is 18.2 Å². The van der Waals surface area contributed by atoms with E-state index in [-0.39, 0.29) is 28.0 Å². The highest BCUT2D eigenvalue weighted by molar-refractivity contribution is 6.32. The number of ketones is 3. The van der Waals surface area contributed by atoms with Crippen molar-refractivity contribution in [1.82, 2.24) is 0 Å². The number of Topliss-reactive ketones (excluding diaryl/α,β-unsaturated/α-hetero) is 3. The molecule has 0 amide bonds. The van der Waals surface area contributed by atoms with Gasteiger partial charge in [0.2, 0.25) is 0 Å². The van der Waals surface area contributed by atoms with E-state index in [0.717, 1.165) is 17.7 Å². The first-order valence-corrected chi connectivity index (χ1v) is 14.3. The molecule has 2 aliphatic heterocycles. The molecule has 7 rings (SSSR count). The first-order chi connectivity index (χ1) is 21.5. The summed E-state index contributed by atoms with van der Waals surface area (Å²) in [5.41, 5.74) is -0.460. The molecular formula is C36H24F3NO5. The zero-order valence-electron chi connectivity index (χ0n) is 23.7. The van der Waals surface area contributed by atoms with Gasteiger partial charge in [-0.2, -0.15) is 13.2 Å². The Hall–Kier alpha value is -5.31. The molecule has 45 heavy (non-hydrogen) atoms. The summed E-state index contributed by atoms with van der Waals surface area (Å²) in [6.45, 7) is 1.25. The molecular weight excluding hydrogens is 583 g/mol. The molecule has 4 aromatic carbocycles. The van der Waals surface area contributed by atoms with Gasteiger partial charge in [0.25, 0.3) is 0 Å². The minimum Gasteiger partial charge on any atom is -0.427 e. The van der Waals surface area contributed by atoms with Crippen LogP contribution in [0.5, 0.6) is 5.75 Å². The SMILES string of the molecule is CC(=O)Oc1ccc(C(=O)[C@@H]2[C@@H](c3ccc(C(F)(F)F)cc3)C3(C(=O)c4ccccc4C3=O)[C@H]3C=Cc4ccccc4N23)cc1. The monoisotopic (exact) mass is 607 g/mol. The molecule has 0 aromatic heterocycles. The molecule has 6 nitrogen and oxygen atoms in total. The summed E-state index contributed by atoms with van der Waals surface area (Å²) in [5, 5.41) is 0. The number of halogens is 3. The lowest BCUT2D eigenvalue weighted by molar-refractivity contribution is -0.137. The Balaban J connectivity index is 1.48. The molecule has 3 aliphatic rings. The van der Waals surface area contributed by atoms with Gasteiger partial charge in [-0.25, -0.2) is 0 Å². The van der Waals surface area contributed by atoms with Crippen molar-refractivity contribution in [2.24, 2.45) is 5.41 Å². The Bertz CT molecular complexity index is 1890. The topological polar surface area (TPSA) is 80.8 Å². The molecule has 1 spiro atoms. The van der Waals surface area contributed by atoms with Crippen LogP contribution in [0.3, 0.4) is 0 Å². The number of para-hydroxylation sites is 1. The molecule has 3 atom stereocenters. The lowest BCUT2D eigenvalue weighted by atomic mass is 9.64. The van der Waals surface area contributed by atoms with E-state index in [0.29, 0.717) is 5.69 Å². The van der Waals surface area contributed by atoms with Gasteiger partial charge in [-0.15, -0.1) is 0 Å². The molecule has 1 aliphatic carbocycles. The number of hydrogen-bond donors (Lipinski definition) is 0. The second-order valence-electron chi connectivity index (χ2n) is 11.4. The number of anilines is 1. The molecule has 9 heteroatoms. The van der Waals surface area contributed by atoms with Crippen LogP contribution < -0.4 is 9.64 Å². The van der Waals surface area contributed by atoms with E-state index in [1.54, 1.807) is 47.4 Å². The Morgan fingerprint density at radius 1 is 0.800 bits per heavy atom. The summed E-state index contributed by atoms with van der Waals surface area (Å²) in [5.74, 6) is -2.87. The Morgan fingerprint density at radius 3 is 2.00 bits per heavy atom. The smallest absolute Gasteiger partial charge is 0.416 e.